The number of nitrogens with zero attached hydrogens (tertiary/aromatic N) is 5. The lowest BCUT2D eigenvalue weighted by molar-refractivity contribution is 0.0938. The number of likely N-dealkylation sites (tertiary alicyclic amines) is 1. The van der Waals surface area contributed by atoms with Gasteiger partial charge in [0.05, 0.1) is 17.8 Å². The number of carbonyl (C=O) groups is 1. The van der Waals surface area contributed by atoms with E-state index in [1.54, 1.807) is 12.4 Å². The van der Waals surface area contributed by atoms with E-state index in [2.05, 4.69) is 36.7 Å². The Morgan fingerprint density at radius 3 is 2.88 bits per heavy atom. The van der Waals surface area contributed by atoms with E-state index in [-0.39, 0.29) is 17.8 Å². The maximum atomic E-state index is 13.0. The van der Waals surface area contributed by atoms with Crippen LogP contribution in [0.25, 0.3) is 11.1 Å². The highest BCUT2D eigenvalue weighted by Crippen LogP contribution is 2.25. The molecule has 4 N–H and O–H groups in total. The summed E-state index contributed by atoms with van der Waals surface area (Å²) >= 11 is 0. The van der Waals surface area contributed by atoms with E-state index in [1.165, 1.54) is 5.56 Å². The summed E-state index contributed by atoms with van der Waals surface area (Å²) in [6.07, 6.45) is 12.3. The minimum absolute atomic E-state index is 0.0832. The Morgan fingerprint density at radius 2 is 2.06 bits per heavy atom. The number of amides is 1. The van der Waals surface area contributed by atoms with Gasteiger partial charge in [-0.1, -0.05) is 6.07 Å². The number of pyridine rings is 2. The smallest absolute Gasteiger partial charge is 0.255 e. The van der Waals surface area contributed by atoms with Crippen LogP contribution >= 0.6 is 0 Å². The summed E-state index contributed by atoms with van der Waals surface area (Å²) in [5.41, 5.74) is 9.45. The van der Waals surface area contributed by atoms with Crippen LogP contribution in [0.3, 0.4) is 0 Å². The van der Waals surface area contributed by atoms with Crippen molar-refractivity contribution in [1.82, 2.24) is 35.3 Å². The van der Waals surface area contributed by atoms with E-state index in [0.29, 0.717) is 11.6 Å². The lowest BCUT2D eigenvalue weighted by Crippen LogP contribution is -2.37. The molecule has 172 valence electrons. The Kier molecular flexibility index (Phi) is 6.32. The normalized spacial score (nSPS) is 19.6. The summed E-state index contributed by atoms with van der Waals surface area (Å²) in [4.78, 5) is 23.8. The number of hydrogen-bond acceptors (Lipinski definition) is 7. The van der Waals surface area contributed by atoms with Gasteiger partial charge in [-0.3, -0.25) is 19.4 Å². The fourth-order valence-electron chi connectivity index (χ4n) is 4.68. The van der Waals surface area contributed by atoms with Crippen molar-refractivity contribution in [2.75, 3.05) is 31.9 Å². The molecule has 0 saturated carbocycles. The zero-order valence-corrected chi connectivity index (χ0v) is 18.7. The van der Waals surface area contributed by atoms with Crippen molar-refractivity contribution in [1.29, 1.82) is 0 Å². The van der Waals surface area contributed by atoms with Gasteiger partial charge in [0.2, 0.25) is 0 Å². The summed E-state index contributed by atoms with van der Waals surface area (Å²) in [7, 11) is 0. The molecule has 2 fully saturated rings. The molecule has 9 nitrogen and oxygen atoms in total. The third-order valence-corrected chi connectivity index (χ3v) is 6.52. The van der Waals surface area contributed by atoms with Crippen LogP contribution in [-0.4, -0.2) is 62.8 Å². The molecule has 0 unspecified atom stereocenters. The second kappa shape index (κ2) is 9.68. The second-order valence-electron chi connectivity index (χ2n) is 8.90. The molecule has 5 heterocycles. The van der Waals surface area contributed by atoms with Crippen LogP contribution in [0.15, 0.2) is 49.2 Å². The van der Waals surface area contributed by atoms with Gasteiger partial charge in [0.1, 0.15) is 5.82 Å². The number of aromatic nitrogens is 4. The van der Waals surface area contributed by atoms with Gasteiger partial charge < -0.3 is 16.4 Å². The van der Waals surface area contributed by atoms with Crippen molar-refractivity contribution >= 4 is 11.7 Å². The number of rotatable bonds is 6. The van der Waals surface area contributed by atoms with Crippen molar-refractivity contribution in [2.24, 2.45) is 0 Å². The zero-order chi connectivity index (χ0) is 22.6. The van der Waals surface area contributed by atoms with Gasteiger partial charge in [-0.05, 0) is 50.0 Å². The highest BCUT2D eigenvalue weighted by atomic mass is 16.1. The topological polar surface area (TPSA) is 114 Å². The second-order valence-corrected chi connectivity index (χ2v) is 8.90. The zero-order valence-electron chi connectivity index (χ0n) is 18.7. The Bertz CT molecular complexity index is 1090. The van der Waals surface area contributed by atoms with Crippen LogP contribution in [0.2, 0.25) is 0 Å². The van der Waals surface area contributed by atoms with E-state index in [4.69, 9.17) is 5.73 Å². The molecule has 1 amide bonds. The van der Waals surface area contributed by atoms with Crippen LogP contribution in [0, 0.1) is 0 Å². The number of piperidine rings is 1. The lowest BCUT2D eigenvalue weighted by Gasteiger charge is -2.22. The molecule has 0 spiro atoms. The largest absolute Gasteiger partial charge is 0.383 e. The highest BCUT2D eigenvalue weighted by Gasteiger charge is 2.25. The fourth-order valence-corrected chi connectivity index (χ4v) is 4.68. The number of nitrogens with two attached hydrogens (primary N) is 1. The Labute approximate surface area is 193 Å². The van der Waals surface area contributed by atoms with Gasteiger partial charge >= 0.3 is 0 Å². The predicted molar refractivity (Wildman–Crippen MR) is 126 cm³/mol. The van der Waals surface area contributed by atoms with E-state index in [9.17, 15) is 4.79 Å². The molecule has 0 aliphatic carbocycles. The van der Waals surface area contributed by atoms with Crippen molar-refractivity contribution in [3.8, 4) is 11.1 Å². The minimum atomic E-state index is -0.180. The van der Waals surface area contributed by atoms with Crippen LogP contribution in [0.4, 0.5) is 5.82 Å². The Morgan fingerprint density at radius 1 is 1.18 bits per heavy atom. The predicted octanol–water partition coefficient (Wildman–Crippen LogP) is 1.85. The molecular formula is C24H30N8O. The first-order valence-electron chi connectivity index (χ1n) is 11.6. The molecule has 2 aliphatic heterocycles. The quantitative estimate of drug-likeness (QED) is 0.529. The molecule has 0 aromatic carbocycles. The van der Waals surface area contributed by atoms with Gasteiger partial charge in [-0.15, -0.1) is 0 Å². The molecule has 33 heavy (non-hydrogen) atoms. The summed E-state index contributed by atoms with van der Waals surface area (Å²) in [6.45, 7) is 4.59. The summed E-state index contributed by atoms with van der Waals surface area (Å²) in [5, 5.41) is 11.1. The van der Waals surface area contributed by atoms with Crippen molar-refractivity contribution in [3.63, 3.8) is 0 Å². The van der Waals surface area contributed by atoms with Gasteiger partial charge in [0.15, 0.2) is 0 Å². The minimum Gasteiger partial charge on any atom is -0.383 e. The van der Waals surface area contributed by atoms with E-state index < -0.39 is 0 Å². The third-order valence-electron chi connectivity index (χ3n) is 6.52. The molecular weight excluding hydrogens is 416 g/mol. The maximum absolute atomic E-state index is 13.0. The van der Waals surface area contributed by atoms with Crippen LogP contribution in [0.5, 0.6) is 0 Å². The summed E-state index contributed by atoms with van der Waals surface area (Å²) < 4.78 is 2.03. The lowest BCUT2D eigenvalue weighted by atomic mass is 10.1. The summed E-state index contributed by atoms with van der Waals surface area (Å²) in [6, 6.07) is 6.33. The van der Waals surface area contributed by atoms with Gasteiger partial charge in [-0.25, -0.2) is 4.98 Å². The SMILES string of the molecule is Nc1ncc(-c2cnn(C3CCNCC3)c2)cc1C(=O)N[C@@H]1CCN(Cc2cccnc2)C1. The van der Waals surface area contributed by atoms with Crippen molar-refractivity contribution < 1.29 is 4.79 Å². The monoisotopic (exact) mass is 446 g/mol. The van der Waals surface area contributed by atoms with Crippen molar-refractivity contribution in [3.05, 3.63) is 60.3 Å². The first-order chi connectivity index (χ1) is 16.2. The molecule has 5 rings (SSSR count). The molecule has 9 heteroatoms. The number of carbonyl (C=O) groups excluding carboxylic acids is 1. The molecule has 2 saturated heterocycles. The van der Waals surface area contributed by atoms with Gasteiger partial charge in [0.25, 0.3) is 5.91 Å². The highest BCUT2D eigenvalue weighted by molar-refractivity contribution is 5.99. The molecule has 1 atom stereocenters. The molecule has 3 aromatic rings. The number of hydrogen-bond donors (Lipinski definition) is 3. The first-order valence-corrected chi connectivity index (χ1v) is 11.6. The third kappa shape index (κ3) is 5.04. The van der Waals surface area contributed by atoms with Crippen LogP contribution in [-0.2, 0) is 6.54 Å². The average Bonchev–Trinajstić information content (AvgIpc) is 3.51. The molecule has 0 radical (unpaired) electrons. The standard InChI is InChI=1S/C24H30N8O/c25-23-22(24(33)30-20-5-9-31(16-20)14-17-2-1-6-27-11-17)10-18(12-28-23)19-13-29-32(15-19)21-3-7-26-8-4-21/h1-2,6,10-13,15,20-21,26H,3-5,7-9,14,16H2,(H2,25,28)(H,30,33)/t20-/m1/s1. The average molecular weight is 447 g/mol. The van der Waals surface area contributed by atoms with Gasteiger partial charge in [0, 0.05) is 61.6 Å². The Balaban J connectivity index is 1.24. The number of nitrogens with one attached hydrogen (secondary N) is 2. The first kappa shape index (κ1) is 21.5. The molecule has 0 bridgehead atoms. The fraction of sp³-hybridized carbons (Fsp3) is 0.417. The van der Waals surface area contributed by atoms with Crippen LogP contribution in [0.1, 0.15) is 41.2 Å². The van der Waals surface area contributed by atoms with E-state index in [1.807, 2.05) is 35.4 Å². The maximum Gasteiger partial charge on any atom is 0.255 e. The Hall–Kier alpha value is -3.30. The van der Waals surface area contributed by atoms with Crippen molar-refractivity contribution in [2.45, 2.75) is 37.9 Å². The van der Waals surface area contributed by atoms with E-state index in [0.717, 1.165) is 63.1 Å². The number of anilines is 1. The molecule has 3 aromatic heterocycles. The molecule has 2 aliphatic rings. The van der Waals surface area contributed by atoms with Gasteiger partial charge in [-0.2, -0.15) is 5.10 Å². The number of nitrogen functional groups attached to an aromatic ring is 1. The van der Waals surface area contributed by atoms with Crippen LogP contribution < -0.4 is 16.4 Å². The summed E-state index contributed by atoms with van der Waals surface area (Å²) in [5.74, 6) is 0.0630. The van der Waals surface area contributed by atoms with E-state index >= 15 is 0 Å².